The van der Waals surface area contributed by atoms with Gasteiger partial charge >= 0.3 is 0 Å². The zero-order chi connectivity index (χ0) is 15.5. The minimum absolute atomic E-state index is 0.0363. The number of nitrogens with one attached hydrogen (secondary N) is 1. The highest BCUT2D eigenvalue weighted by atomic mass is 32.1. The molecule has 1 aliphatic rings. The quantitative estimate of drug-likeness (QED) is 0.943. The molecule has 2 heterocycles. The van der Waals surface area contributed by atoms with Crippen LogP contribution >= 0.6 is 11.3 Å². The van der Waals surface area contributed by atoms with Crippen molar-refractivity contribution in [1.29, 1.82) is 0 Å². The van der Waals surface area contributed by atoms with Crippen LogP contribution in [-0.2, 0) is 17.6 Å². The van der Waals surface area contributed by atoms with E-state index in [1.54, 1.807) is 11.3 Å². The van der Waals surface area contributed by atoms with Crippen molar-refractivity contribution in [2.75, 3.05) is 6.54 Å². The molecule has 2 aromatic rings. The van der Waals surface area contributed by atoms with Gasteiger partial charge in [-0.15, -0.1) is 11.3 Å². The third kappa shape index (κ3) is 3.47. The van der Waals surface area contributed by atoms with Crippen molar-refractivity contribution in [2.24, 2.45) is 0 Å². The van der Waals surface area contributed by atoms with Crippen LogP contribution in [0.15, 0.2) is 24.3 Å². The van der Waals surface area contributed by atoms with E-state index in [4.69, 9.17) is 4.74 Å². The summed E-state index contributed by atoms with van der Waals surface area (Å²) in [6.07, 6.45) is 2.41. The summed E-state index contributed by atoms with van der Waals surface area (Å²) in [4.78, 5) is 17.5. The van der Waals surface area contributed by atoms with Crippen molar-refractivity contribution in [3.05, 3.63) is 45.4 Å². The van der Waals surface area contributed by atoms with E-state index >= 15 is 0 Å². The van der Waals surface area contributed by atoms with Crippen LogP contribution in [0.1, 0.15) is 27.6 Å². The number of para-hydroxylation sites is 1. The van der Waals surface area contributed by atoms with Gasteiger partial charge in [0.1, 0.15) is 11.9 Å². The Morgan fingerprint density at radius 2 is 2.23 bits per heavy atom. The number of aromatic nitrogens is 1. The molecule has 5 heteroatoms. The molecule has 0 spiro atoms. The summed E-state index contributed by atoms with van der Waals surface area (Å²) in [6, 6.07) is 8.10. The molecular weight excluding hydrogens is 296 g/mol. The van der Waals surface area contributed by atoms with E-state index in [0.29, 0.717) is 13.0 Å². The highest BCUT2D eigenvalue weighted by Gasteiger charge is 2.20. The lowest BCUT2D eigenvalue weighted by molar-refractivity contribution is -0.120. The van der Waals surface area contributed by atoms with Crippen LogP contribution in [0.25, 0.3) is 0 Å². The number of hydrogen-bond acceptors (Lipinski definition) is 4. The van der Waals surface area contributed by atoms with Crippen molar-refractivity contribution in [3.8, 4) is 5.75 Å². The van der Waals surface area contributed by atoms with E-state index in [2.05, 4.69) is 16.4 Å². The second-order valence-electron chi connectivity index (χ2n) is 5.61. The van der Waals surface area contributed by atoms with E-state index in [0.717, 1.165) is 34.2 Å². The molecule has 1 atom stereocenters. The first-order valence-corrected chi connectivity index (χ1v) is 8.37. The fourth-order valence-corrected chi connectivity index (χ4v) is 3.63. The summed E-state index contributed by atoms with van der Waals surface area (Å²) in [5, 5.41) is 3.99. The number of thiazole rings is 1. The Hall–Kier alpha value is -1.88. The summed E-state index contributed by atoms with van der Waals surface area (Å²) < 4.78 is 5.94. The first-order valence-electron chi connectivity index (χ1n) is 7.56. The van der Waals surface area contributed by atoms with Crippen molar-refractivity contribution in [2.45, 2.75) is 39.2 Å². The monoisotopic (exact) mass is 316 g/mol. The van der Waals surface area contributed by atoms with E-state index in [9.17, 15) is 4.79 Å². The molecule has 1 N–H and O–H groups in total. The fourth-order valence-electron chi connectivity index (χ4n) is 2.70. The van der Waals surface area contributed by atoms with Crippen LogP contribution in [0.4, 0.5) is 0 Å². The number of hydrogen-bond donors (Lipinski definition) is 1. The summed E-state index contributed by atoms with van der Waals surface area (Å²) in [7, 11) is 0. The molecule has 0 saturated heterocycles. The second-order valence-corrected chi connectivity index (χ2v) is 6.90. The molecule has 4 nitrogen and oxygen atoms in total. The lowest BCUT2D eigenvalue weighted by Gasteiger charge is -2.26. The van der Waals surface area contributed by atoms with Crippen LogP contribution in [0.5, 0.6) is 5.75 Å². The van der Waals surface area contributed by atoms with Gasteiger partial charge in [-0.2, -0.15) is 0 Å². The highest BCUT2D eigenvalue weighted by Crippen LogP contribution is 2.26. The maximum atomic E-state index is 12.1. The molecule has 1 aromatic heterocycles. The number of rotatable bonds is 4. The molecule has 1 aliphatic heterocycles. The van der Waals surface area contributed by atoms with Gasteiger partial charge in [0.05, 0.1) is 23.7 Å². The Balaban J connectivity index is 1.51. The molecule has 1 amide bonds. The van der Waals surface area contributed by atoms with Gasteiger partial charge in [-0.1, -0.05) is 18.2 Å². The standard InChI is InChI=1S/C17H20N2O2S/c1-11-16(22-12(2)19-11)9-17(20)18-10-14-8-7-13-5-3-4-6-15(13)21-14/h3-6,14H,7-10H2,1-2H3,(H,18,20)/t14-/m1/s1. The maximum Gasteiger partial charge on any atom is 0.225 e. The minimum Gasteiger partial charge on any atom is -0.488 e. The normalized spacial score (nSPS) is 16.7. The molecule has 0 fully saturated rings. The lowest BCUT2D eigenvalue weighted by atomic mass is 10.0. The third-order valence-corrected chi connectivity index (χ3v) is 4.92. The van der Waals surface area contributed by atoms with Crippen molar-refractivity contribution < 1.29 is 9.53 Å². The number of amides is 1. The summed E-state index contributed by atoms with van der Waals surface area (Å²) in [5.74, 6) is 0.983. The van der Waals surface area contributed by atoms with Gasteiger partial charge in [0, 0.05) is 4.88 Å². The molecular formula is C17H20N2O2S. The van der Waals surface area contributed by atoms with E-state index < -0.39 is 0 Å². The van der Waals surface area contributed by atoms with Gasteiger partial charge in [0.2, 0.25) is 5.91 Å². The van der Waals surface area contributed by atoms with Crippen molar-refractivity contribution in [1.82, 2.24) is 10.3 Å². The molecule has 0 saturated carbocycles. The van der Waals surface area contributed by atoms with Crippen LogP contribution in [0.2, 0.25) is 0 Å². The van der Waals surface area contributed by atoms with Gasteiger partial charge in [0.25, 0.3) is 0 Å². The zero-order valence-electron chi connectivity index (χ0n) is 12.9. The van der Waals surface area contributed by atoms with Crippen LogP contribution in [0.3, 0.4) is 0 Å². The maximum absolute atomic E-state index is 12.1. The van der Waals surface area contributed by atoms with Gasteiger partial charge < -0.3 is 10.1 Å². The summed E-state index contributed by atoms with van der Waals surface area (Å²) in [6.45, 7) is 4.48. The number of fused-ring (bicyclic) bond motifs is 1. The average molecular weight is 316 g/mol. The van der Waals surface area contributed by atoms with Gasteiger partial charge in [-0.05, 0) is 38.3 Å². The number of carbonyl (C=O) groups is 1. The van der Waals surface area contributed by atoms with E-state index in [1.807, 2.05) is 32.0 Å². The first-order chi connectivity index (χ1) is 10.6. The van der Waals surface area contributed by atoms with Crippen LogP contribution < -0.4 is 10.1 Å². The molecule has 0 bridgehead atoms. The third-order valence-electron chi connectivity index (χ3n) is 3.85. The smallest absolute Gasteiger partial charge is 0.225 e. The molecule has 0 radical (unpaired) electrons. The fraction of sp³-hybridized carbons (Fsp3) is 0.412. The van der Waals surface area contributed by atoms with Gasteiger partial charge in [-0.3, -0.25) is 4.79 Å². The molecule has 22 heavy (non-hydrogen) atoms. The summed E-state index contributed by atoms with van der Waals surface area (Å²) >= 11 is 1.59. The first kappa shape index (κ1) is 15.0. The predicted octanol–water partition coefficient (Wildman–Crippen LogP) is 2.81. The van der Waals surface area contributed by atoms with E-state index in [-0.39, 0.29) is 12.0 Å². The SMILES string of the molecule is Cc1nc(C)c(CC(=O)NC[C@H]2CCc3ccccc3O2)s1. The Kier molecular flexibility index (Phi) is 4.43. The van der Waals surface area contributed by atoms with Gasteiger partial charge in [0.15, 0.2) is 0 Å². The number of carbonyl (C=O) groups excluding carboxylic acids is 1. The van der Waals surface area contributed by atoms with Crippen molar-refractivity contribution in [3.63, 3.8) is 0 Å². The largest absolute Gasteiger partial charge is 0.488 e. The second kappa shape index (κ2) is 6.48. The molecule has 0 aliphatic carbocycles. The highest BCUT2D eigenvalue weighted by molar-refractivity contribution is 7.11. The molecule has 0 unspecified atom stereocenters. The molecule has 1 aromatic carbocycles. The minimum atomic E-state index is 0.0363. The predicted molar refractivity (Wildman–Crippen MR) is 87.5 cm³/mol. The summed E-state index contributed by atoms with van der Waals surface area (Å²) in [5.41, 5.74) is 2.21. The number of nitrogens with zero attached hydrogens (tertiary/aromatic N) is 1. The Labute approximate surface area is 134 Å². The number of ether oxygens (including phenoxy) is 1. The molecule has 116 valence electrons. The van der Waals surface area contributed by atoms with Crippen LogP contribution in [-0.4, -0.2) is 23.5 Å². The Morgan fingerprint density at radius 3 is 3.00 bits per heavy atom. The molecule has 3 rings (SSSR count). The van der Waals surface area contributed by atoms with Crippen molar-refractivity contribution >= 4 is 17.2 Å². The van der Waals surface area contributed by atoms with Crippen LogP contribution in [0, 0.1) is 13.8 Å². The zero-order valence-corrected chi connectivity index (χ0v) is 13.7. The Bertz CT molecular complexity index is 681. The number of benzene rings is 1. The Morgan fingerprint density at radius 1 is 1.41 bits per heavy atom. The lowest BCUT2D eigenvalue weighted by Crippen LogP contribution is -2.37. The topological polar surface area (TPSA) is 51.2 Å². The number of aryl methyl sites for hydroxylation is 3. The average Bonchev–Trinajstić information content (AvgIpc) is 2.82. The van der Waals surface area contributed by atoms with E-state index in [1.165, 1.54) is 5.56 Å². The van der Waals surface area contributed by atoms with Gasteiger partial charge in [-0.25, -0.2) is 4.98 Å².